The fraction of sp³-hybridized carbons (Fsp3) is 0.208. The highest BCUT2D eigenvalue weighted by Crippen LogP contribution is 2.24. The number of nitrogens with one attached hydrogen (secondary N) is 1. The molecule has 6 heteroatoms. The highest BCUT2D eigenvalue weighted by molar-refractivity contribution is 6.07. The van der Waals surface area contributed by atoms with E-state index in [2.05, 4.69) is 10.4 Å². The first-order valence-electron chi connectivity index (χ1n) is 9.81. The third kappa shape index (κ3) is 3.89. The van der Waals surface area contributed by atoms with Crippen LogP contribution in [0.15, 0.2) is 71.8 Å². The van der Waals surface area contributed by atoms with E-state index in [-0.39, 0.29) is 5.91 Å². The second-order valence-corrected chi connectivity index (χ2v) is 7.58. The van der Waals surface area contributed by atoms with Gasteiger partial charge < -0.3 is 10.1 Å². The van der Waals surface area contributed by atoms with Gasteiger partial charge in [-0.05, 0) is 59.9 Å². The number of amides is 3. The first kappa shape index (κ1) is 19.6. The Morgan fingerprint density at radius 3 is 2.53 bits per heavy atom. The number of fused-ring (bicyclic) bond motifs is 1. The number of hydrogen-bond acceptors (Lipinski definition) is 4. The van der Waals surface area contributed by atoms with Gasteiger partial charge in [-0.15, -0.1) is 5.01 Å². The van der Waals surface area contributed by atoms with E-state index in [0.717, 1.165) is 32.7 Å². The predicted molar refractivity (Wildman–Crippen MR) is 117 cm³/mol. The lowest BCUT2D eigenvalue weighted by molar-refractivity contribution is -0.130. The van der Waals surface area contributed by atoms with Crippen molar-refractivity contribution in [1.29, 1.82) is 0 Å². The Hall–Kier alpha value is -3.67. The minimum atomic E-state index is -0.968. The van der Waals surface area contributed by atoms with Crippen LogP contribution in [0.25, 0.3) is 10.8 Å². The summed E-state index contributed by atoms with van der Waals surface area (Å²) < 4.78 is 5.24. The molecule has 1 fully saturated rings. The van der Waals surface area contributed by atoms with Gasteiger partial charge in [0.05, 0.1) is 13.3 Å². The van der Waals surface area contributed by atoms with Crippen LogP contribution in [0.3, 0.4) is 0 Å². The smallest absolute Gasteiger partial charge is 0.346 e. The molecule has 1 heterocycles. The predicted octanol–water partition coefficient (Wildman–Crippen LogP) is 4.13. The van der Waals surface area contributed by atoms with Crippen molar-refractivity contribution in [2.75, 3.05) is 7.11 Å². The van der Waals surface area contributed by atoms with Crippen LogP contribution < -0.4 is 10.1 Å². The number of ether oxygens (including phenoxy) is 1. The van der Waals surface area contributed by atoms with Crippen molar-refractivity contribution in [1.82, 2.24) is 10.3 Å². The average Bonchev–Trinajstić information content (AvgIpc) is 2.99. The molecule has 0 aromatic heterocycles. The van der Waals surface area contributed by atoms with Crippen LogP contribution in [0.2, 0.25) is 0 Å². The van der Waals surface area contributed by atoms with Crippen LogP contribution in [0.4, 0.5) is 4.79 Å². The molecule has 3 aromatic carbocycles. The fourth-order valence-electron chi connectivity index (χ4n) is 3.56. The van der Waals surface area contributed by atoms with Gasteiger partial charge in [-0.1, -0.05) is 48.5 Å². The number of urea groups is 1. The van der Waals surface area contributed by atoms with Crippen molar-refractivity contribution in [2.45, 2.75) is 25.3 Å². The number of imide groups is 1. The van der Waals surface area contributed by atoms with Gasteiger partial charge in [-0.25, -0.2) is 4.79 Å². The number of hydrazone groups is 1. The van der Waals surface area contributed by atoms with E-state index in [1.165, 1.54) is 6.21 Å². The van der Waals surface area contributed by atoms with Crippen LogP contribution in [0.5, 0.6) is 5.75 Å². The summed E-state index contributed by atoms with van der Waals surface area (Å²) in [6.07, 6.45) is 2.73. The molecule has 0 aliphatic carbocycles. The second-order valence-electron chi connectivity index (χ2n) is 7.58. The van der Waals surface area contributed by atoms with Gasteiger partial charge >= 0.3 is 6.03 Å². The average molecular weight is 401 g/mol. The molecule has 1 atom stereocenters. The van der Waals surface area contributed by atoms with Crippen molar-refractivity contribution < 1.29 is 14.3 Å². The quantitative estimate of drug-likeness (QED) is 0.499. The van der Waals surface area contributed by atoms with Crippen LogP contribution in [-0.4, -0.2) is 35.8 Å². The Labute approximate surface area is 175 Å². The molecule has 0 spiro atoms. The number of hydrogen-bond donors (Lipinski definition) is 1. The van der Waals surface area contributed by atoms with E-state index in [9.17, 15) is 9.59 Å². The lowest BCUT2D eigenvalue weighted by Gasteiger charge is -2.20. The van der Waals surface area contributed by atoms with Gasteiger partial charge in [-0.2, -0.15) is 5.10 Å². The van der Waals surface area contributed by atoms with E-state index >= 15 is 0 Å². The van der Waals surface area contributed by atoms with Crippen LogP contribution >= 0.6 is 0 Å². The number of carbonyl (C=O) groups excluding carboxylic acids is 2. The molecule has 30 heavy (non-hydrogen) atoms. The van der Waals surface area contributed by atoms with Crippen molar-refractivity contribution in [3.8, 4) is 5.75 Å². The normalized spacial score (nSPS) is 18.9. The lowest BCUT2D eigenvalue weighted by atomic mass is 9.93. The number of nitrogens with zero attached hydrogens (tertiary/aromatic N) is 2. The molecular weight excluding hydrogens is 378 g/mol. The molecule has 4 rings (SSSR count). The number of carbonyl (C=O) groups is 2. The maximum absolute atomic E-state index is 12.9. The van der Waals surface area contributed by atoms with E-state index in [1.54, 1.807) is 14.0 Å². The number of rotatable bonds is 6. The Kier molecular flexibility index (Phi) is 5.23. The molecule has 0 unspecified atom stereocenters. The standard InChI is InChI=1S/C24H23N3O3/c1-24(13-12-17-6-4-3-5-7-17)22(28)27(23(29)26-24)25-16-18-8-9-20-15-21(30-2)11-10-19(20)14-18/h3-11,14-16H,12-13H2,1-2H3,(H,26,29)/b25-16-/t24-/m1/s1. The molecule has 1 N–H and O–H groups in total. The molecule has 0 bridgehead atoms. The van der Waals surface area contributed by atoms with E-state index in [1.807, 2.05) is 66.7 Å². The highest BCUT2D eigenvalue weighted by atomic mass is 16.5. The summed E-state index contributed by atoms with van der Waals surface area (Å²) in [5.74, 6) is 0.447. The maximum atomic E-state index is 12.9. The van der Waals surface area contributed by atoms with Crippen molar-refractivity contribution in [2.24, 2.45) is 5.10 Å². The molecule has 3 aromatic rings. The molecule has 3 amide bonds. The van der Waals surface area contributed by atoms with Crippen molar-refractivity contribution in [3.05, 3.63) is 77.9 Å². The summed E-state index contributed by atoms with van der Waals surface area (Å²) in [7, 11) is 1.63. The summed E-state index contributed by atoms with van der Waals surface area (Å²) in [6.45, 7) is 1.75. The largest absolute Gasteiger partial charge is 0.497 e. The zero-order valence-corrected chi connectivity index (χ0v) is 17.0. The zero-order valence-electron chi connectivity index (χ0n) is 17.0. The third-order valence-corrected chi connectivity index (χ3v) is 5.39. The Balaban J connectivity index is 1.48. The van der Waals surface area contributed by atoms with Crippen LogP contribution in [0.1, 0.15) is 24.5 Å². The summed E-state index contributed by atoms with van der Waals surface area (Å²) in [6, 6.07) is 21.0. The van der Waals surface area contributed by atoms with E-state index < -0.39 is 11.6 Å². The second kappa shape index (κ2) is 7.99. The van der Waals surface area contributed by atoms with Crippen molar-refractivity contribution in [3.63, 3.8) is 0 Å². The zero-order chi connectivity index (χ0) is 21.1. The summed E-state index contributed by atoms with van der Waals surface area (Å²) in [5.41, 5.74) is 0.950. The van der Waals surface area contributed by atoms with Crippen LogP contribution in [-0.2, 0) is 11.2 Å². The minimum Gasteiger partial charge on any atom is -0.497 e. The van der Waals surface area contributed by atoms with E-state index in [4.69, 9.17) is 4.74 Å². The van der Waals surface area contributed by atoms with Gasteiger partial charge in [0.15, 0.2) is 0 Å². The summed E-state index contributed by atoms with van der Waals surface area (Å²) >= 11 is 0. The number of methoxy groups -OCH3 is 1. The van der Waals surface area contributed by atoms with Gasteiger partial charge in [0.2, 0.25) is 0 Å². The summed E-state index contributed by atoms with van der Waals surface area (Å²) in [4.78, 5) is 25.3. The topological polar surface area (TPSA) is 71.0 Å². The summed E-state index contributed by atoms with van der Waals surface area (Å²) in [5, 5.41) is 9.93. The molecule has 0 saturated carbocycles. The van der Waals surface area contributed by atoms with Gasteiger partial charge in [0.1, 0.15) is 11.3 Å². The molecular formula is C24H23N3O3. The van der Waals surface area contributed by atoms with Crippen LogP contribution in [0, 0.1) is 0 Å². The monoisotopic (exact) mass is 401 g/mol. The van der Waals surface area contributed by atoms with Gasteiger partial charge in [0, 0.05) is 0 Å². The van der Waals surface area contributed by atoms with Gasteiger partial charge in [0.25, 0.3) is 5.91 Å². The Morgan fingerprint density at radius 2 is 1.77 bits per heavy atom. The first-order chi connectivity index (χ1) is 14.5. The lowest BCUT2D eigenvalue weighted by Crippen LogP contribution is -2.44. The molecule has 6 nitrogen and oxygen atoms in total. The van der Waals surface area contributed by atoms with E-state index in [0.29, 0.717) is 12.8 Å². The molecule has 1 aliphatic heterocycles. The first-order valence-corrected chi connectivity index (χ1v) is 9.81. The molecule has 0 radical (unpaired) electrons. The highest BCUT2D eigenvalue weighted by Gasteiger charge is 2.47. The minimum absolute atomic E-state index is 0.342. The third-order valence-electron chi connectivity index (χ3n) is 5.39. The Bertz CT molecular complexity index is 1130. The maximum Gasteiger partial charge on any atom is 0.346 e. The fourth-order valence-corrected chi connectivity index (χ4v) is 3.56. The Morgan fingerprint density at radius 1 is 1.03 bits per heavy atom. The molecule has 1 aliphatic rings. The van der Waals surface area contributed by atoms with Gasteiger partial charge in [-0.3, -0.25) is 4.79 Å². The van der Waals surface area contributed by atoms with Crippen molar-refractivity contribution >= 4 is 28.9 Å². The molecule has 152 valence electrons. The number of benzene rings is 3. The molecule has 1 saturated heterocycles. The SMILES string of the molecule is COc1ccc2cc(/C=N\N3C(=O)N[C@](C)(CCc4ccccc4)C3=O)ccc2c1. The number of aryl methyl sites for hydroxylation is 1.